The highest BCUT2D eigenvalue weighted by Gasteiger charge is 2.35. The van der Waals surface area contributed by atoms with Gasteiger partial charge in [-0.15, -0.1) is 5.10 Å². The molecule has 0 spiro atoms. The Balaban J connectivity index is 1.79. The number of amides is 1. The minimum atomic E-state index is -0.476. The lowest BCUT2D eigenvalue weighted by molar-refractivity contribution is -0.116. The van der Waals surface area contributed by atoms with Gasteiger partial charge in [-0.1, -0.05) is 79.5 Å². The first-order valence-electron chi connectivity index (χ1n) is 9.42. The van der Waals surface area contributed by atoms with Gasteiger partial charge in [0.1, 0.15) is 5.70 Å². The van der Waals surface area contributed by atoms with Crippen molar-refractivity contribution in [2.45, 2.75) is 32.4 Å². The maximum atomic E-state index is 13.0. The van der Waals surface area contributed by atoms with Crippen LogP contribution in [0.15, 0.2) is 58.6 Å². The molecule has 1 atom stereocenters. The Bertz CT molecular complexity index is 1050. The van der Waals surface area contributed by atoms with E-state index in [4.69, 9.17) is 21.7 Å². The van der Waals surface area contributed by atoms with Crippen LogP contribution >= 0.6 is 23.4 Å². The molecule has 0 bridgehead atoms. The van der Waals surface area contributed by atoms with Gasteiger partial charge in [0.25, 0.3) is 5.91 Å². The van der Waals surface area contributed by atoms with Crippen LogP contribution in [0.2, 0.25) is 5.02 Å². The number of hydrogen-bond donors (Lipinski definition) is 1. The molecule has 2 aromatic rings. The third-order valence-electron chi connectivity index (χ3n) is 4.69. The van der Waals surface area contributed by atoms with Crippen LogP contribution in [0.3, 0.4) is 0 Å². The summed E-state index contributed by atoms with van der Waals surface area (Å²) in [5, 5.41) is 12.2. The van der Waals surface area contributed by atoms with Crippen LogP contribution in [0, 0.1) is 0 Å². The number of nitrogens with one attached hydrogen (secondary N) is 1. The minimum Gasteiger partial charge on any atom is -0.298 e. The fraction of sp³-hybridized carbons (Fsp3) is 0.286. The third-order valence-corrected chi connectivity index (χ3v) is 5.98. The molecular weight excluding hydrogens is 392 g/mol. The van der Waals surface area contributed by atoms with E-state index in [0.717, 1.165) is 34.7 Å². The van der Waals surface area contributed by atoms with Crippen LogP contribution in [0.5, 0.6) is 0 Å². The van der Waals surface area contributed by atoms with Crippen molar-refractivity contribution < 1.29 is 4.79 Å². The molecule has 0 radical (unpaired) electrons. The van der Waals surface area contributed by atoms with Gasteiger partial charge < -0.3 is 0 Å². The first-order chi connectivity index (χ1) is 13.7. The van der Waals surface area contributed by atoms with Crippen LogP contribution in [-0.2, 0) is 4.79 Å². The molecule has 0 aliphatic carbocycles. The summed E-state index contributed by atoms with van der Waals surface area (Å²) in [6.07, 6.45) is 2.94. The first kappa shape index (κ1) is 19.0. The van der Waals surface area contributed by atoms with Gasteiger partial charge in [0, 0.05) is 21.6 Å². The van der Waals surface area contributed by atoms with Crippen molar-refractivity contribution >= 4 is 40.1 Å². The van der Waals surface area contributed by atoms with E-state index in [1.54, 1.807) is 16.8 Å². The number of amidine groups is 1. The summed E-state index contributed by atoms with van der Waals surface area (Å²) in [6.45, 7) is 2.17. The van der Waals surface area contributed by atoms with Crippen molar-refractivity contribution in [3.05, 3.63) is 69.7 Å². The zero-order valence-corrected chi connectivity index (χ0v) is 17.1. The van der Waals surface area contributed by atoms with Gasteiger partial charge in [-0.25, -0.2) is 5.01 Å². The summed E-state index contributed by atoms with van der Waals surface area (Å²) in [6, 6.07) is 15.2. The molecule has 1 amide bonds. The number of hydrogen-bond acceptors (Lipinski definition) is 5. The van der Waals surface area contributed by atoms with Crippen molar-refractivity contribution in [1.82, 2.24) is 10.3 Å². The van der Waals surface area contributed by atoms with E-state index in [1.165, 1.54) is 6.42 Å². The number of carbonyl (C=O) groups is 1. The van der Waals surface area contributed by atoms with Crippen molar-refractivity contribution in [1.29, 1.82) is 0 Å². The summed E-state index contributed by atoms with van der Waals surface area (Å²) in [5.41, 5.74) is 1.33. The molecule has 28 heavy (non-hydrogen) atoms. The van der Waals surface area contributed by atoms with E-state index in [-0.39, 0.29) is 5.91 Å². The van der Waals surface area contributed by atoms with Crippen molar-refractivity contribution in [2.24, 2.45) is 10.1 Å². The molecule has 0 unspecified atom stereocenters. The zero-order chi connectivity index (χ0) is 19.5. The quantitative estimate of drug-likeness (QED) is 0.765. The second-order valence-electron chi connectivity index (χ2n) is 6.65. The predicted molar refractivity (Wildman–Crippen MR) is 114 cm³/mol. The van der Waals surface area contributed by atoms with Crippen molar-refractivity contribution in [3.8, 4) is 0 Å². The van der Waals surface area contributed by atoms with E-state index in [0.29, 0.717) is 15.9 Å². The maximum Gasteiger partial charge on any atom is 0.276 e. The molecule has 5 nitrogen and oxygen atoms in total. The van der Waals surface area contributed by atoms with Gasteiger partial charge in [-0.2, -0.15) is 0 Å². The molecule has 0 saturated heterocycles. The first-order valence-corrected chi connectivity index (χ1v) is 10.8. The monoisotopic (exact) mass is 412 g/mol. The van der Waals surface area contributed by atoms with Gasteiger partial charge in [0.15, 0.2) is 11.3 Å². The van der Waals surface area contributed by atoms with Crippen LogP contribution in [-0.4, -0.2) is 21.8 Å². The molecule has 0 aromatic heterocycles. The highest BCUT2D eigenvalue weighted by molar-refractivity contribution is 8.13. The Hall–Kier alpha value is -2.31. The summed E-state index contributed by atoms with van der Waals surface area (Å²) in [5.74, 6) is 0.757. The normalized spacial score (nSPS) is 18.0. The van der Waals surface area contributed by atoms with E-state index in [9.17, 15) is 4.79 Å². The maximum absolute atomic E-state index is 13.0. The highest BCUT2D eigenvalue weighted by Crippen LogP contribution is 2.34. The lowest BCUT2D eigenvalue weighted by Crippen LogP contribution is -2.50. The molecule has 2 heterocycles. The number of halogens is 1. The molecule has 0 fully saturated rings. The Kier molecular flexibility index (Phi) is 5.69. The third kappa shape index (κ3) is 3.66. The van der Waals surface area contributed by atoms with E-state index < -0.39 is 6.17 Å². The van der Waals surface area contributed by atoms with Gasteiger partial charge in [-0.05, 0) is 18.6 Å². The molecule has 4 rings (SSSR count). The average Bonchev–Trinajstić information content (AvgIpc) is 2.71. The number of para-hydroxylation sites is 1. The number of benzene rings is 2. The van der Waals surface area contributed by atoms with Crippen LogP contribution < -0.4 is 15.9 Å². The fourth-order valence-electron chi connectivity index (χ4n) is 3.30. The standard InChI is InChI=1S/C21H21ClN4OS/c1-2-3-8-13-28-21-24-20(27)18-15-10-5-7-12-17(15)23-19(26(18)25-21)14-9-4-6-11-16(14)22/h4-7,9-12,19H,2-3,8,13H2,1H3,(H,24,25,27)/t19-/m1/s1. The lowest BCUT2D eigenvalue weighted by atomic mass is 10.1. The van der Waals surface area contributed by atoms with E-state index in [1.807, 2.05) is 48.5 Å². The van der Waals surface area contributed by atoms with E-state index in [2.05, 4.69) is 12.2 Å². The van der Waals surface area contributed by atoms with Crippen molar-refractivity contribution in [2.75, 3.05) is 5.75 Å². The zero-order valence-electron chi connectivity index (χ0n) is 15.6. The fourth-order valence-corrected chi connectivity index (χ4v) is 4.39. The van der Waals surface area contributed by atoms with Crippen LogP contribution in [0.1, 0.15) is 37.9 Å². The number of thioether (sulfide) groups is 1. The number of unbranched alkanes of at least 4 members (excludes halogenated alkanes) is 2. The Morgan fingerprint density at radius 2 is 1.93 bits per heavy atom. The smallest absolute Gasteiger partial charge is 0.276 e. The number of hydrazone groups is 1. The molecule has 1 N–H and O–H groups in total. The van der Waals surface area contributed by atoms with Gasteiger partial charge >= 0.3 is 0 Å². The molecule has 2 aliphatic heterocycles. The SMILES string of the molecule is CCCCCSC1=NN2C(=c3ccccc3=N[C@H]2c2ccccc2Cl)C(=O)N1. The topological polar surface area (TPSA) is 57.1 Å². The summed E-state index contributed by atoms with van der Waals surface area (Å²) in [4.78, 5) is 17.9. The number of nitrogens with zero attached hydrogens (tertiary/aromatic N) is 3. The summed E-state index contributed by atoms with van der Waals surface area (Å²) >= 11 is 8.02. The molecule has 7 heteroatoms. The highest BCUT2D eigenvalue weighted by atomic mass is 35.5. The van der Waals surface area contributed by atoms with Gasteiger partial charge in [-0.3, -0.25) is 15.1 Å². The average molecular weight is 413 g/mol. The second kappa shape index (κ2) is 8.37. The van der Waals surface area contributed by atoms with E-state index >= 15 is 0 Å². The number of carbonyl (C=O) groups excluding carboxylic acids is 1. The molecule has 144 valence electrons. The van der Waals surface area contributed by atoms with Crippen LogP contribution in [0.25, 0.3) is 5.70 Å². The van der Waals surface area contributed by atoms with Gasteiger partial charge in [0.05, 0.1) is 5.36 Å². The predicted octanol–water partition coefficient (Wildman–Crippen LogP) is 3.41. The largest absolute Gasteiger partial charge is 0.298 e. The summed E-state index contributed by atoms with van der Waals surface area (Å²) < 4.78 is 0. The van der Waals surface area contributed by atoms with Crippen LogP contribution in [0.4, 0.5) is 0 Å². The summed E-state index contributed by atoms with van der Waals surface area (Å²) in [7, 11) is 0. The Morgan fingerprint density at radius 3 is 2.75 bits per heavy atom. The lowest BCUT2D eigenvalue weighted by Gasteiger charge is -2.34. The Morgan fingerprint density at radius 1 is 1.14 bits per heavy atom. The minimum absolute atomic E-state index is 0.160. The number of rotatable bonds is 5. The molecule has 2 aromatic carbocycles. The Labute approximate surface area is 173 Å². The number of fused-ring (bicyclic) bond motifs is 2. The molecule has 0 saturated carbocycles. The molecule has 2 aliphatic rings. The van der Waals surface area contributed by atoms with Crippen molar-refractivity contribution in [3.63, 3.8) is 0 Å². The van der Waals surface area contributed by atoms with Gasteiger partial charge in [0.2, 0.25) is 0 Å². The second-order valence-corrected chi connectivity index (χ2v) is 8.14. The molecular formula is C21H21ClN4OS.